The molecule has 0 saturated carbocycles. The molecule has 0 aliphatic carbocycles. The van der Waals surface area contributed by atoms with Crippen LogP contribution in [0.15, 0.2) is 80.0 Å². The van der Waals surface area contributed by atoms with E-state index in [0.717, 1.165) is 16.3 Å². The van der Waals surface area contributed by atoms with Gasteiger partial charge >= 0.3 is 17.3 Å². The molecule has 0 radical (unpaired) electrons. The molecule has 192 valence electrons. The molecule has 0 saturated heterocycles. The first-order chi connectivity index (χ1) is 17.7. The van der Waals surface area contributed by atoms with E-state index in [2.05, 4.69) is 27.0 Å². The molecule has 0 unspecified atom stereocenters. The molecule has 3 rings (SSSR count). The second-order valence-electron chi connectivity index (χ2n) is 7.47. The summed E-state index contributed by atoms with van der Waals surface area (Å²) in [6.45, 7) is 4.18. The number of aliphatic hydroxyl groups excluding tert-OH is 1. The number of anilines is 2. The summed E-state index contributed by atoms with van der Waals surface area (Å²) in [6, 6.07) is 13.2. The SMILES string of the molecule is C=N/C=C(\N=C(C)Oc1ccc(Nc2nc(=O)n(CCO)c(=O)n2Cc2ccc(Cl)cc2)cc1)C(=O)O. The number of benzene rings is 2. The van der Waals surface area contributed by atoms with Crippen LogP contribution in [0.4, 0.5) is 11.6 Å². The van der Waals surface area contributed by atoms with E-state index in [1.807, 2.05) is 0 Å². The maximum atomic E-state index is 13.0. The molecule has 1 aromatic heterocycles. The van der Waals surface area contributed by atoms with Crippen LogP contribution in [-0.2, 0) is 17.9 Å². The standard InChI is InChI=1S/C24H23ClN6O6/c1-15(27-20(13-26-2)21(33)34)37-19-9-7-18(8-10-19)28-22-29-23(35)30(11-12-32)24(36)31(22)14-16-3-5-17(25)6-4-16/h3-10,13,32H,2,11-12,14H2,1H3,(H,33,34)(H,28,29,35)/b20-13-,27-15?. The molecule has 2 aromatic carbocycles. The molecular formula is C24H23ClN6O6. The van der Waals surface area contributed by atoms with Crippen LogP contribution < -0.4 is 21.4 Å². The summed E-state index contributed by atoms with van der Waals surface area (Å²) in [5.74, 6) is -0.872. The van der Waals surface area contributed by atoms with Gasteiger partial charge in [0.1, 0.15) is 5.75 Å². The Morgan fingerprint density at radius 1 is 1.16 bits per heavy atom. The number of halogens is 1. The third-order valence-electron chi connectivity index (χ3n) is 4.81. The van der Waals surface area contributed by atoms with E-state index >= 15 is 0 Å². The van der Waals surface area contributed by atoms with Crippen molar-refractivity contribution in [2.45, 2.75) is 20.0 Å². The Morgan fingerprint density at radius 3 is 2.43 bits per heavy atom. The Labute approximate surface area is 215 Å². The summed E-state index contributed by atoms with van der Waals surface area (Å²) in [4.78, 5) is 47.9. The van der Waals surface area contributed by atoms with Crippen molar-refractivity contribution in [3.05, 3.63) is 92.0 Å². The molecule has 13 heteroatoms. The van der Waals surface area contributed by atoms with Gasteiger partial charge in [-0.15, -0.1) is 0 Å². The van der Waals surface area contributed by atoms with E-state index in [9.17, 15) is 19.5 Å². The number of ether oxygens (including phenoxy) is 1. The number of rotatable bonds is 10. The number of aliphatic imine (C=N–C) groups is 2. The van der Waals surface area contributed by atoms with E-state index in [0.29, 0.717) is 16.5 Å². The van der Waals surface area contributed by atoms with Crippen LogP contribution in [-0.4, -0.2) is 49.5 Å². The molecule has 1 heterocycles. The maximum absolute atomic E-state index is 13.0. The molecule has 0 fully saturated rings. The molecule has 0 aliphatic heterocycles. The average Bonchev–Trinajstić information content (AvgIpc) is 2.86. The minimum Gasteiger partial charge on any atom is -0.476 e. The zero-order chi connectivity index (χ0) is 26.9. The zero-order valence-electron chi connectivity index (χ0n) is 19.7. The van der Waals surface area contributed by atoms with Gasteiger partial charge in [-0.25, -0.2) is 23.9 Å². The van der Waals surface area contributed by atoms with Crippen molar-refractivity contribution in [1.29, 1.82) is 0 Å². The summed E-state index contributed by atoms with van der Waals surface area (Å²) in [6.07, 6.45) is 0.993. The van der Waals surface area contributed by atoms with Gasteiger partial charge in [0.15, 0.2) is 11.6 Å². The van der Waals surface area contributed by atoms with Gasteiger partial charge in [0.25, 0.3) is 0 Å². The Morgan fingerprint density at radius 2 is 1.84 bits per heavy atom. The monoisotopic (exact) mass is 526 g/mol. The van der Waals surface area contributed by atoms with Crippen LogP contribution in [0.5, 0.6) is 5.75 Å². The van der Waals surface area contributed by atoms with Gasteiger partial charge in [-0.3, -0.25) is 9.56 Å². The van der Waals surface area contributed by atoms with Crippen molar-refractivity contribution in [2.24, 2.45) is 9.98 Å². The van der Waals surface area contributed by atoms with Crippen LogP contribution in [0.1, 0.15) is 12.5 Å². The zero-order valence-corrected chi connectivity index (χ0v) is 20.4. The van der Waals surface area contributed by atoms with Crippen LogP contribution >= 0.6 is 11.6 Å². The largest absolute Gasteiger partial charge is 0.476 e. The van der Waals surface area contributed by atoms with E-state index in [-0.39, 0.29) is 30.6 Å². The first-order valence-corrected chi connectivity index (χ1v) is 11.2. The molecule has 0 bridgehead atoms. The van der Waals surface area contributed by atoms with Crippen LogP contribution in [0.3, 0.4) is 0 Å². The van der Waals surface area contributed by atoms with E-state index < -0.39 is 24.0 Å². The first-order valence-electron chi connectivity index (χ1n) is 10.8. The summed E-state index contributed by atoms with van der Waals surface area (Å²) in [5.41, 5.74) is -0.566. The Kier molecular flexibility index (Phi) is 9.08. The van der Waals surface area contributed by atoms with E-state index in [4.69, 9.17) is 21.4 Å². The molecule has 37 heavy (non-hydrogen) atoms. The lowest BCUT2D eigenvalue weighted by atomic mass is 10.2. The highest BCUT2D eigenvalue weighted by Crippen LogP contribution is 2.19. The van der Waals surface area contributed by atoms with Gasteiger partial charge < -0.3 is 20.3 Å². The second kappa shape index (κ2) is 12.4. The van der Waals surface area contributed by atoms with E-state index in [1.54, 1.807) is 48.5 Å². The number of aliphatic hydroxyl groups is 1. The fraction of sp³-hybridized carbons (Fsp3) is 0.167. The highest BCUT2D eigenvalue weighted by Gasteiger charge is 2.14. The van der Waals surface area contributed by atoms with Crippen LogP contribution in [0, 0.1) is 0 Å². The van der Waals surface area contributed by atoms with Gasteiger partial charge in [0.2, 0.25) is 5.95 Å². The fourth-order valence-corrected chi connectivity index (χ4v) is 3.27. The number of aliphatic carboxylic acids is 1. The lowest BCUT2D eigenvalue weighted by Crippen LogP contribution is -2.43. The third kappa shape index (κ3) is 7.22. The van der Waals surface area contributed by atoms with E-state index in [1.165, 1.54) is 11.5 Å². The number of nitrogens with zero attached hydrogens (tertiary/aromatic N) is 5. The summed E-state index contributed by atoms with van der Waals surface area (Å²) in [7, 11) is 0. The highest BCUT2D eigenvalue weighted by molar-refractivity contribution is 6.30. The smallest absolute Gasteiger partial charge is 0.356 e. The quantitative estimate of drug-likeness (QED) is 0.206. The van der Waals surface area contributed by atoms with Gasteiger partial charge in [-0.2, -0.15) is 4.98 Å². The predicted octanol–water partition coefficient (Wildman–Crippen LogP) is 2.27. The molecular weight excluding hydrogens is 504 g/mol. The summed E-state index contributed by atoms with van der Waals surface area (Å²) >= 11 is 5.95. The predicted molar refractivity (Wildman–Crippen MR) is 139 cm³/mol. The van der Waals surface area contributed by atoms with Crippen LogP contribution in [0.2, 0.25) is 5.02 Å². The number of carbonyl (C=O) groups is 1. The van der Waals surface area contributed by atoms with Crippen molar-refractivity contribution >= 4 is 41.8 Å². The van der Waals surface area contributed by atoms with Crippen molar-refractivity contribution < 1.29 is 19.7 Å². The van der Waals surface area contributed by atoms with Crippen molar-refractivity contribution in [2.75, 3.05) is 11.9 Å². The van der Waals surface area contributed by atoms with Gasteiger partial charge in [0.05, 0.1) is 25.9 Å². The van der Waals surface area contributed by atoms with Gasteiger partial charge in [-0.05, 0) is 48.7 Å². The number of hydrogen-bond acceptors (Lipinski definition) is 9. The second-order valence-corrected chi connectivity index (χ2v) is 7.91. The Hall–Kier alpha value is -4.55. The van der Waals surface area contributed by atoms with Gasteiger partial charge in [0, 0.05) is 17.6 Å². The summed E-state index contributed by atoms with van der Waals surface area (Å²) < 4.78 is 7.66. The molecule has 0 aliphatic rings. The summed E-state index contributed by atoms with van der Waals surface area (Å²) in [5, 5.41) is 21.9. The average molecular weight is 527 g/mol. The highest BCUT2D eigenvalue weighted by atomic mass is 35.5. The number of carboxylic acids is 1. The molecule has 0 atom stereocenters. The van der Waals surface area contributed by atoms with Crippen molar-refractivity contribution in [3.63, 3.8) is 0 Å². The molecule has 3 N–H and O–H groups in total. The lowest BCUT2D eigenvalue weighted by Gasteiger charge is -2.15. The lowest BCUT2D eigenvalue weighted by molar-refractivity contribution is -0.132. The van der Waals surface area contributed by atoms with Crippen molar-refractivity contribution in [3.8, 4) is 5.75 Å². The molecule has 3 aromatic rings. The molecule has 0 spiro atoms. The fourth-order valence-electron chi connectivity index (χ4n) is 3.15. The third-order valence-corrected chi connectivity index (χ3v) is 5.07. The Bertz CT molecular complexity index is 1460. The number of nitrogens with one attached hydrogen (secondary N) is 1. The number of aromatic nitrogens is 3. The van der Waals surface area contributed by atoms with Gasteiger partial charge in [-0.1, -0.05) is 23.7 Å². The molecule has 0 amide bonds. The first kappa shape index (κ1) is 27.0. The Balaban J connectivity index is 1.88. The minimum absolute atomic E-state index is 0.00119. The maximum Gasteiger partial charge on any atom is 0.356 e. The minimum atomic E-state index is -1.28. The van der Waals surface area contributed by atoms with Crippen molar-refractivity contribution in [1.82, 2.24) is 14.1 Å². The van der Waals surface area contributed by atoms with Crippen LogP contribution in [0.25, 0.3) is 0 Å². The molecule has 12 nitrogen and oxygen atoms in total. The normalized spacial score (nSPS) is 11.8. The number of hydrogen-bond donors (Lipinski definition) is 3. The number of carboxylic acid groups (broad SMARTS) is 1. The topological polar surface area (TPSA) is 160 Å².